The van der Waals surface area contributed by atoms with Gasteiger partial charge in [-0.2, -0.15) is 11.8 Å². The zero-order chi connectivity index (χ0) is 13.7. The molecule has 1 heterocycles. The third-order valence-electron chi connectivity index (χ3n) is 3.92. The maximum Gasteiger partial charge on any atom is 0.221 e. The third-order valence-corrected chi connectivity index (χ3v) is 5.06. The van der Waals surface area contributed by atoms with Gasteiger partial charge in [0.2, 0.25) is 11.8 Å². The molecular weight excluding hydrogens is 298 g/mol. The Morgan fingerprint density at radius 1 is 1.25 bits per heavy atom. The summed E-state index contributed by atoms with van der Waals surface area (Å²) in [5, 5.41) is 6.45. The van der Waals surface area contributed by atoms with Crippen LogP contribution in [-0.2, 0) is 9.59 Å². The van der Waals surface area contributed by atoms with E-state index in [9.17, 15) is 9.59 Å². The number of carbonyl (C=O) groups excluding carboxylic acids is 2. The quantitative estimate of drug-likeness (QED) is 0.710. The topological polar surface area (TPSA) is 84.2 Å². The number of hydrogen-bond donors (Lipinski definition) is 3. The fraction of sp³-hybridized carbons (Fsp3) is 0.846. The normalized spacial score (nSPS) is 30.1. The van der Waals surface area contributed by atoms with Gasteiger partial charge in [-0.3, -0.25) is 9.59 Å². The highest BCUT2D eigenvalue weighted by Crippen LogP contribution is 2.24. The van der Waals surface area contributed by atoms with E-state index in [-0.39, 0.29) is 36.2 Å². The molecule has 0 radical (unpaired) electrons. The standard InChI is InChI=1S/C13H23N3O2S.ClH/c14-13(18)9-1-3-10(4-2-9)16-12(17)7-11-8-19-6-5-15-11;/h9-11,15H,1-8H2,(H2,14,18)(H,16,17);1H. The second kappa shape index (κ2) is 8.74. The van der Waals surface area contributed by atoms with E-state index in [1.807, 2.05) is 11.8 Å². The zero-order valence-electron chi connectivity index (χ0n) is 11.6. The van der Waals surface area contributed by atoms with Gasteiger partial charge in [0.1, 0.15) is 0 Å². The molecule has 4 N–H and O–H groups in total. The molecule has 2 fully saturated rings. The van der Waals surface area contributed by atoms with Crippen molar-refractivity contribution in [2.24, 2.45) is 11.7 Å². The van der Waals surface area contributed by atoms with Crippen molar-refractivity contribution in [3.63, 3.8) is 0 Å². The molecule has 1 unspecified atom stereocenters. The van der Waals surface area contributed by atoms with Gasteiger partial charge < -0.3 is 16.4 Å². The van der Waals surface area contributed by atoms with E-state index in [0.717, 1.165) is 43.7 Å². The van der Waals surface area contributed by atoms with Gasteiger partial charge in [0.15, 0.2) is 0 Å². The number of thioether (sulfide) groups is 1. The third kappa shape index (κ3) is 5.50. The highest BCUT2D eigenvalue weighted by Gasteiger charge is 2.26. The lowest BCUT2D eigenvalue weighted by atomic mass is 9.85. The maximum atomic E-state index is 11.9. The summed E-state index contributed by atoms with van der Waals surface area (Å²) in [7, 11) is 0. The van der Waals surface area contributed by atoms with Crippen molar-refractivity contribution >= 4 is 36.0 Å². The van der Waals surface area contributed by atoms with E-state index in [1.54, 1.807) is 0 Å². The number of rotatable bonds is 4. The lowest BCUT2D eigenvalue weighted by molar-refractivity contribution is -0.123. The van der Waals surface area contributed by atoms with E-state index in [1.165, 1.54) is 0 Å². The molecule has 7 heteroatoms. The van der Waals surface area contributed by atoms with Gasteiger partial charge in [0.25, 0.3) is 0 Å². The van der Waals surface area contributed by atoms with Crippen LogP contribution in [0.5, 0.6) is 0 Å². The molecule has 1 atom stereocenters. The number of halogens is 1. The summed E-state index contributed by atoms with van der Waals surface area (Å²) in [6.45, 7) is 0.992. The van der Waals surface area contributed by atoms with E-state index in [4.69, 9.17) is 5.73 Å². The lowest BCUT2D eigenvalue weighted by Gasteiger charge is -2.28. The first-order chi connectivity index (χ1) is 9.15. The maximum absolute atomic E-state index is 11.9. The van der Waals surface area contributed by atoms with Crippen LogP contribution in [0.1, 0.15) is 32.1 Å². The van der Waals surface area contributed by atoms with Gasteiger partial charge in [0.05, 0.1) is 0 Å². The highest BCUT2D eigenvalue weighted by atomic mass is 35.5. The molecule has 1 aliphatic heterocycles. The van der Waals surface area contributed by atoms with Crippen LogP contribution in [-0.4, -0.2) is 41.9 Å². The van der Waals surface area contributed by atoms with Crippen LogP contribution < -0.4 is 16.4 Å². The van der Waals surface area contributed by atoms with Gasteiger partial charge >= 0.3 is 0 Å². The van der Waals surface area contributed by atoms with Crippen LogP contribution in [0.15, 0.2) is 0 Å². The van der Waals surface area contributed by atoms with Crippen molar-refractivity contribution in [2.45, 2.75) is 44.2 Å². The van der Waals surface area contributed by atoms with Crippen LogP contribution in [0.2, 0.25) is 0 Å². The van der Waals surface area contributed by atoms with Crippen molar-refractivity contribution in [3.05, 3.63) is 0 Å². The molecule has 5 nitrogen and oxygen atoms in total. The average molecular weight is 322 g/mol. The van der Waals surface area contributed by atoms with E-state index >= 15 is 0 Å². The van der Waals surface area contributed by atoms with Crippen LogP contribution in [0.25, 0.3) is 0 Å². The van der Waals surface area contributed by atoms with E-state index < -0.39 is 0 Å². The minimum absolute atomic E-state index is 0. The molecule has 0 aromatic heterocycles. The van der Waals surface area contributed by atoms with Crippen molar-refractivity contribution in [1.29, 1.82) is 0 Å². The van der Waals surface area contributed by atoms with Gasteiger partial charge in [-0.15, -0.1) is 12.4 Å². The van der Waals surface area contributed by atoms with Crippen molar-refractivity contribution in [2.75, 3.05) is 18.1 Å². The SMILES string of the molecule is Cl.NC(=O)C1CCC(NC(=O)CC2CSCCN2)CC1. The number of nitrogens with two attached hydrogens (primary N) is 1. The Morgan fingerprint density at radius 2 is 1.95 bits per heavy atom. The zero-order valence-corrected chi connectivity index (χ0v) is 13.2. The fourth-order valence-corrected chi connectivity index (χ4v) is 3.73. The lowest BCUT2D eigenvalue weighted by Crippen LogP contribution is -2.44. The summed E-state index contributed by atoms with van der Waals surface area (Å²) in [6.07, 6.45) is 3.90. The van der Waals surface area contributed by atoms with Crippen LogP contribution in [0, 0.1) is 5.92 Å². The molecule has 0 aromatic rings. The fourth-order valence-electron chi connectivity index (χ4n) is 2.78. The predicted molar refractivity (Wildman–Crippen MR) is 84.1 cm³/mol. The molecule has 0 spiro atoms. The Balaban J connectivity index is 0.00000200. The molecule has 1 aliphatic carbocycles. The summed E-state index contributed by atoms with van der Waals surface area (Å²) >= 11 is 1.90. The van der Waals surface area contributed by atoms with Gasteiger partial charge in [-0.1, -0.05) is 0 Å². The summed E-state index contributed by atoms with van der Waals surface area (Å²) < 4.78 is 0. The number of carbonyl (C=O) groups is 2. The average Bonchev–Trinajstić information content (AvgIpc) is 2.40. The molecule has 2 rings (SSSR count). The van der Waals surface area contributed by atoms with Crippen LogP contribution in [0.4, 0.5) is 0 Å². The minimum atomic E-state index is -0.201. The monoisotopic (exact) mass is 321 g/mol. The van der Waals surface area contributed by atoms with Crippen molar-refractivity contribution in [3.8, 4) is 0 Å². The Bertz CT molecular complexity index is 330. The molecule has 1 saturated carbocycles. The first-order valence-corrected chi connectivity index (χ1v) is 8.20. The number of primary amides is 1. The van der Waals surface area contributed by atoms with E-state index in [2.05, 4.69) is 10.6 Å². The summed E-state index contributed by atoms with van der Waals surface area (Å²) in [5.41, 5.74) is 5.30. The molecule has 2 amide bonds. The first-order valence-electron chi connectivity index (χ1n) is 7.05. The summed E-state index contributed by atoms with van der Waals surface area (Å²) in [5.74, 6) is 2.08. The van der Waals surface area contributed by atoms with E-state index in [0.29, 0.717) is 12.5 Å². The molecule has 116 valence electrons. The van der Waals surface area contributed by atoms with Crippen molar-refractivity contribution < 1.29 is 9.59 Å². The molecule has 0 aromatic carbocycles. The molecule has 20 heavy (non-hydrogen) atoms. The second-order valence-corrected chi connectivity index (χ2v) is 6.60. The molecule has 1 saturated heterocycles. The Kier molecular flexibility index (Phi) is 7.69. The molecule has 0 bridgehead atoms. The Morgan fingerprint density at radius 3 is 2.50 bits per heavy atom. The highest BCUT2D eigenvalue weighted by molar-refractivity contribution is 7.99. The first kappa shape index (κ1) is 17.6. The van der Waals surface area contributed by atoms with Gasteiger partial charge in [-0.05, 0) is 25.7 Å². The molecule has 2 aliphatic rings. The predicted octanol–water partition coefficient (Wildman–Crippen LogP) is 0.664. The Hall–Kier alpha value is -0.460. The largest absolute Gasteiger partial charge is 0.369 e. The van der Waals surface area contributed by atoms with Crippen LogP contribution in [0.3, 0.4) is 0 Å². The number of amides is 2. The summed E-state index contributed by atoms with van der Waals surface area (Å²) in [6, 6.07) is 0.528. The smallest absolute Gasteiger partial charge is 0.221 e. The van der Waals surface area contributed by atoms with Crippen LogP contribution >= 0.6 is 24.2 Å². The minimum Gasteiger partial charge on any atom is -0.369 e. The Labute approximate surface area is 130 Å². The second-order valence-electron chi connectivity index (χ2n) is 5.45. The summed E-state index contributed by atoms with van der Waals surface area (Å²) in [4.78, 5) is 23.0. The number of nitrogens with one attached hydrogen (secondary N) is 2. The van der Waals surface area contributed by atoms with Gasteiger partial charge in [-0.25, -0.2) is 0 Å². The van der Waals surface area contributed by atoms with Crippen molar-refractivity contribution in [1.82, 2.24) is 10.6 Å². The molecular formula is C13H24ClN3O2S. The van der Waals surface area contributed by atoms with Gasteiger partial charge in [0, 0.05) is 42.5 Å². The number of hydrogen-bond acceptors (Lipinski definition) is 4.